The molecule has 0 spiro atoms. The Balaban J connectivity index is 1.22. The van der Waals surface area contributed by atoms with Gasteiger partial charge in [0.05, 0.1) is 51.0 Å². The summed E-state index contributed by atoms with van der Waals surface area (Å²) in [6.07, 6.45) is 0.921. The average Bonchev–Trinajstić information content (AvgIpc) is 3.46. The van der Waals surface area contributed by atoms with E-state index in [-0.39, 0.29) is 43.6 Å². The summed E-state index contributed by atoms with van der Waals surface area (Å²) in [5.74, 6) is 1.44. The van der Waals surface area contributed by atoms with Crippen LogP contribution in [0.1, 0.15) is 28.7 Å². The van der Waals surface area contributed by atoms with Crippen LogP contribution in [0.2, 0.25) is 0 Å². The number of nitrogens with one attached hydrogen (secondary N) is 2. The number of amides is 1. The SMILES string of the molecule is COc1cc(C)c(S(=O)(=O)N2CCOC[C@@H]2COCCC(=O)NCCc2ccc(C3=NCCN3)cc2)c(C)c1. The van der Waals surface area contributed by atoms with Gasteiger partial charge < -0.3 is 24.8 Å². The highest BCUT2D eigenvalue weighted by atomic mass is 32.2. The highest BCUT2D eigenvalue weighted by Crippen LogP contribution is 2.30. The Morgan fingerprint density at radius 2 is 1.95 bits per heavy atom. The maximum Gasteiger partial charge on any atom is 0.244 e. The van der Waals surface area contributed by atoms with Gasteiger partial charge in [-0.15, -0.1) is 0 Å². The molecule has 0 aliphatic carbocycles. The van der Waals surface area contributed by atoms with Crippen molar-refractivity contribution in [1.82, 2.24) is 14.9 Å². The van der Waals surface area contributed by atoms with Crippen molar-refractivity contribution in [2.45, 2.75) is 37.6 Å². The van der Waals surface area contributed by atoms with E-state index in [1.54, 1.807) is 33.1 Å². The summed E-state index contributed by atoms with van der Waals surface area (Å²) < 4.78 is 45.2. The first-order valence-corrected chi connectivity index (χ1v) is 14.7. The molecule has 1 amide bonds. The molecule has 2 heterocycles. The largest absolute Gasteiger partial charge is 0.497 e. The molecule has 11 heteroatoms. The third-order valence-electron chi connectivity index (χ3n) is 6.83. The number of carbonyl (C=O) groups is 1. The molecule has 0 aromatic heterocycles. The maximum absolute atomic E-state index is 13.6. The fraction of sp³-hybridized carbons (Fsp3) is 0.500. The second kappa shape index (κ2) is 13.4. The first-order valence-electron chi connectivity index (χ1n) is 13.3. The summed E-state index contributed by atoms with van der Waals surface area (Å²) in [6, 6.07) is 11.2. The van der Waals surface area contributed by atoms with Crippen molar-refractivity contribution in [3.8, 4) is 5.75 Å². The summed E-state index contributed by atoms with van der Waals surface area (Å²) in [6.45, 7) is 6.89. The van der Waals surface area contributed by atoms with Gasteiger partial charge in [-0.25, -0.2) is 8.42 Å². The zero-order valence-corrected chi connectivity index (χ0v) is 23.7. The van der Waals surface area contributed by atoms with Gasteiger partial charge in [0.1, 0.15) is 11.6 Å². The van der Waals surface area contributed by atoms with Crippen LogP contribution in [0.25, 0.3) is 0 Å². The maximum atomic E-state index is 13.6. The van der Waals surface area contributed by atoms with E-state index in [1.165, 1.54) is 4.31 Å². The molecule has 39 heavy (non-hydrogen) atoms. The van der Waals surface area contributed by atoms with E-state index in [9.17, 15) is 13.2 Å². The minimum Gasteiger partial charge on any atom is -0.497 e. The summed E-state index contributed by atoms with van der Waals surface area (Å²) in [5, 5.41) is 6.18. The lowest BCUT2D eigenvalue weighted by Crippen LogP contribution is -2.51. The van der Waals surface area contributed by atoms with Gasteiger partial charge >= 0.3 is 0 Å². The van der Waals surface area contributed by atoms with E-state index < -0.39 is 16.1 Å². The second-order valence-corrected chi connectivity index (χ2v) is 11.5. The number of hydrogen-bond acceptors (Lipinski definition) is 8. The van der Waals surface area contributed by atoms with Gasteiger partial charge in [0.2, 0.25) is 15.9 Å². The Labute approximate surface area is 230 Å². The average molecular weight is 559 g/mol. The topological polar surface area (TPSA) is 119 Å². The molecule has 2 aromatic carbocycles. The minimum absolute atomic E-state index is 0.106. The van der Waals surface area contributed by atoms with Crippen molar-refractivity contribution in [1.29, 1.82) is 0 Å². The number of morpholine rings is 1. The lowest BCUT2D eigenvalue weighted by molar-refractivity contribution is -0.122. The van der Waals surface area contributed by atoms with E-state index in [0.29, 0.717) is 30.0 Å². The van der Waals surface area contributed by atoms with Crippen LogP contribution in [-0.2, 0) is 30.7 Å². The Kier molecular flexibility index (Phi) is 9.95. The monoisotopic (exact) mass is 558 g/mol. The second-order valence-electron chi connectivity index (χ2n) is 9.71. The molecule has 0 radical (unpaired) electrons. The fourth-order valence-electron chi connectivity index (χ4n) is 4.88. The number of hydrogen-bond donors (Lipinski definition) is 2. The molecule has 2 N–H and O–H groups in total. The number of aliphatic imine (C=N–C) groups is 1. The zero-order chi connectivity index (χ0) is 27.8. The van der Waals surface area contributed by atoms with E-state index in [2.05, 4.69) is 15.6 Å². The number of rotatable bonds is 12. The van der Waals surface area contributed by atoms with Crippen LogP contribution in [0.5, 0.6) is 5.75 Å². The molecule has 0 unspecified atom stereocenters. The molecular formula is C28H38N4O6S. The van der Waals surface area contributed by atoms with Gasteiger partial charge in [-0.2, -0.15) is 4.31 Å². The summed E-state index contributed by atoms with van der Waals surface area (Å²) in [5.41, 5.74) is 3.47. The first kappa shape index (κ1) is 29.0. The van der Waals surface area contributed by atoms with Crippen LogP contribution in [-0.4, -0.2) is 90.2 Å². The van der Waals surface area contributed by atoms with Gasteiger partial charge in [0.15, 0.2) is 0 Å². The Hall–Kier alpha value is -2.99. The Morgan fingerprint density at radius 1 is 1.21 bits per heavy atom. The van der Waals surface area contributed by atoms with Crippen molar-refractivity contribution >= 4 is 21.8 Å². The van der Waals surface area contributed by atoms with E-state index >= 15 is 0 Å². The van der Waals surface area contributed by atoms with Crippen molar-refractivity contribution in [2.75, 3.05) is 59.7 Å². The standard InChI is InChI=1S/C28H38N4O6S/c1-20-16-25(36-3)17-21(2)27(20)39(34,35)32-13-15-38-19-24(32)18-37-14-9-26(33)29-10-8-22-4-6-23(7-5-22)28-30-11-12-31-28/h4-7,16-17,24H,8-15,18-19H2,1-3H3,(H,29,33)(H,30,31)/t24-/m0/s1. The molecule has 1 atom stereocenters. The number of benzene rings is 2. The quantitative estimate of drug-likeness (QED) is 0.382. The van der Waals surface area contributed by atoms with Crippen LogP contribution >= 0.6 is 0 Å². The zero-order valence-electron chi connectivity index (χ0n) is 22.9. The number of amidine groups is 1. The molecule has 1 saturated heterocycles. The van der Waals surface area contributed by atoms with Gasteiger partial charge in [0.25, 0.3) is 0 Å². The molecular weight excluding hydrogens is 520 g/mol. The Bertz CT molecular complexity index is 1260. The van der Waals surface area contributed by atoms with Crippen molar-refractivity contribution in [2.24, 2.45) is 4.99 Å². The highest BCUT2D eigenvalue weighted by Gasteiger charge is 2.36. The molecule has 2 aliphatic heterocycles. The van der Waals surface area contributed by atoms with Crippen LogP contribution in [0, 0.1) is 13.8 Å². The van der Waals surface area contributed by atoms with Gasteiger partial charge in [0, 0.05) is 31.6 Å². The third kappa shape index (κ3) is 7.36. The van der Waals surface area contributed by atoms with Crippen LogP contribution < -0.4 is 15.4 Å². The van der Waals surface area contributed by atoms with E-state index in [0.717, 1.165) is 36.5 Å². The number of nitrogens with zero attached hydrogens (tertiary/aromatic N) is 2. The first-order chi connectivity index (χ1) is 18.8. The lowest BCUT2D eigenvalue weighted by Gasteiger charge is -2.35. The minimum atomic E-state index is -3.77. The predicted molar refractivity (Wildman–Crippen MR) is 149 cm³/mol. The lowest BCUT2D eigenvalue weighted by atomic mass is 10.1. The summed E-state index contributed by atoms with van der Waals surface area (Å²) >= 11 is 0. The molecule has 2 aromatic rings. The predicted octanol–water partition coefficient (Wildman–Crippen LogP) is 1.82. The normalized spacial score (nSPS) is 17.9. The molecule has 4 rings (SSSR count). The number of aryl methyl sites for hydroxylation is 2. The fourth-order valence-corrected chi connectivity index (χ4v) is 6.87. The van der Waals surface area contributed by atoms with E-state index in [4.69, 9.17) is 14.2 Å². The molecule has 1 fully saturated rings. The smallest absolute Gasteiger partial charge is 0.244 e. The van der Waals surface area contributed by atoms with Crippen LogP contribution in [0.15, 0.2) is 46.3 Å². The number of carbonyl (C=O) groups excluding carboxylic acids is 1. The molecule has 212 valence electrons. The number of methoxy groups -OCH3 is 1. The van der Waals surface area contributed by atoms with Gasteiger partial charge in [-0.05, 0) is 49.1 Å². The number of sulfonamides is 1. The van der Waals surface area contributed by atoms with Crippen LogP contribution in [0.4, 0.5) is 0 Å². The molecule has 2 aliphatic rings. The summed E-state index contributed by atoms with van der Waals surface area (Å²) in [7, 11) is -2.21. The Morgan fingerprint density at radius 3 is 2.62 bits per heavy atom. The van der Waals surface area contributed by atoms with Gasteiger partial charge in [-0.1, -0.05) is 24.3 Å². The third-order valence-corrected chi connectivity index (χ3v) is 9.09. The molecule has 0 bridgehead atoms. The van der Waals surface area contributed by atoms with Gasteiger partial charge in [-0.3, -0.25) is 9.79 Å². The van der Waals surface area contributed by atoms with Crippen LogP contribution in [0.3, 0.4) is 0 Å². The van der Waals surface area contributed by atoms with Crippen molar-refractivity contribution < 1.29 is 27.4 Å². The van der Waals surface area contributed by atoms with Crippen molar-refractivity contribution in [3.05, 3.63) is 58.7 Å². The summed E-state index contributed by atoms with van der Waals surface area (Å²) in [4.78, 5) is 17.0. The highest BCUT2D eigenvalue weighted by molar-refractivity contribution is 7.89. The molecule has 0 saturated carbocycles. The number of ether oxygens (including phenoxy) is 3. The van der Waals surface area contributed by atoms with Crippen molar-refractivity contribution in [3.63, 3.8) is 0 Å². The van der Waals surface area contributed by atoms with E-state index in [1.807, 2.05) is 24.3 Å². The molecule has 10 nitrogen and oxygen atoms in total.